The highest BCUT2D eigenvalue weighted by Crippen LogP contribution is 2.33. The van der Waals surface area contributed by atoms with E-state index < -0.39 is 12.1 Å². The number of aromatic amines is 1. The Bertz CT molecular complexity index is 1700. The number of piperidine rings is 1. The number of rotatable bonds is 6. The van der Waals surface area contributed by atoms with Gasteiger partial charge in [0.2, 0.25) is 5.95 Å². The molecular weight excluding hydrogens is 619 g/mol. The molecule has 2 aromatic carbocycles. The molecule has 0 radical (unpaired) electrons. The van der Waals surface area contributed by atoms with E-state index in [9.17, 15) is 18.0 Å². The number of nitrogens with zero attached hydrogens (tertiary/aromatic N) is 6. The first-order valence-electron chi connectivity index (χ1n) is 15.1. The van der Waals surface area contributed by atoms with E-state index in [1.54, 1.807) is 32.4 Å². The number of nitrogens with one attached hydrogen (secondary N) is 1. The first-order chi connectivity index (χ1) is 22.5. The topological polar surface area (TPSA) is 137 Å². The summed E-state index contributed by atoms with van der Waals surface area (Å²) in [6, 6.07) is 11.6. The summed E-state index contributed by atoms with van der Waals surface area (Å²) in [5, 5.41) is 8.17. The number of anilines is 2. The van der Waals surface area contributed by atoms with Crippen LogP contribution in [-0.2, 0) is 4.79 Å². The minimum absolute atomic E-state index is 0.0392. The van der Waals surface area contributed by atoms with E-state index in [0.717, 1.165) is 60.0 Å². The van der Waals surface area contributed by atoms with Gasteiger partial charge in [-0.1, -0.05) is 12.1 Å². The van der Waals surface area contributed by atoms with Crippen LogP contribution < -0.4 is 19.3 Å². The highest BCUT2D eigenvalue weighted by Gasteiger charge is 2.38. The standard InChI is InChI=1S/C30H35N7O3.C2HF3O2/c1-20-5-4-6-24-26(20)33-30(37-13-9-21(10-14-37)27-31-11-12-32-27)34-28(24)35-15-17-36(18-16-35)29(38)23-8-7-22(39-2)19-25(23)40-3;3-2(4,5)1(6)7/h4-8,11-12,19,21H,9-10,13-18H2,1-3H3,(H,31,32);(H,6,7). The largest absolute Gasteiger partial charge is 0.497 e. The van der Waals surface area contributed by atoms with Crippen LogP contribution in [0.2, 0.25) is 0 Å². The predicted molar refractivity (Wildman–Crippen MR) is 168 cm³/mol. The first-order valence-corrected chi connectivity index (χ1v) is 15.1. The number of carboxylic acids is 1. The average molecular weight is 656 g/mol. The number of carboxylic acid groups (broad SMARTS) is 1. The number of H-pyrrole nitrogens is 1. The van der Waals surface area contributed by atoms with Crippen LogP contribution in [0.1, 0.15) is 40.5 Å². The van der Waals surface area contributed by atoms with Gasteiger partial charge in [-0.3, -0.25) is 4.79 Å². The van der Waals surface area contributed by atoms with Crippen molar-refractivity contribution < 1.29 is 37.3 Å². The first kappa shape index (κ1) is 33.3. The molecule has 0 aliphatic carbocycles. The van der Waals surface area contributed by atoms with Gasteiger partial charge in [-0.05, 0) is 43.5 Å². The molecule has 2 aromatic heterocycles. The van der Waals surface area contributed by atoms with Gasteiger partial charge in [0.1, 0.15) is 23.1 Å². The Kier molecular flexibility index (Phi) is 10.0. The van der Waals surface area contributed by atoms with Crippen molar-refractivity contribution in [3.8, 4) is 11.5 Å². The van der Waals surface area contributed by atoms with Gasteiger partial charge in [-0.25, -0.2) is 14.8 Å². The zero-order valence-electron chi connectivity index (χ0n) is 26.3. The lowest BCUT2D eigenvalue weighted by molar-refractivity contribution is -0.192. The number of fused-ring (bicyclic) bond motifs is 1. The summed E-state index contributed by atoms with van der Waals surface area (Å²) >= 11 is 0. The fourth-order valence-corrected chi connectivity index (χ4v) is 5.77. The molecule has 250 valence electrons. The Balaban J connectivity index is 0.000000559. The molecule has 0 spiro atoms. The van der Waals surface area contributed by atoms with E-state index >= 15 is 0 Å². The van der Waals surface area contributed by atoms with Gasteiger partial charge in [0, 0.05) is 69.0 Å². The summed E-state index contributed by atoms with van der Waals surface area (Å²) in [7, 11) is 3.17. The highest BCUT2D eigenvalue weighted by atomic mass is 19.4. The maximum Gasteiger partial charge on any atom is 0.490 e. The van der Waals surface area contributed by atoms with Gasteiger partial charge in [-0.15, -0.1) is 0 Å². The van der Waals surface area contributed by atoms with Crippen LogP contribution in [0.5, 0.6) is 11.5 Å². The number of methoxy groups -OCH3 is 2. The summed E-state index contributed by atoms with van der Waals surface area (Å²) in [6.45, 7) is 6.42. The average Bonchev–Trinajstić information content (AvgIpc) is 3.63. The van der Waals surface area contributed by atoms with Gasteiger partial charge < -0.3 is 34.3 Å². The molecule has 6 rings (SSSR count). The zero-order chi connectivity index (χ0) is 33.7. The molecule has 0 atom stereocenters. The lowest BCUT2D eigenvalue weighted by Crippen LogP contribution is -2.49. The molecule has 4 aromatic rings. The van der Waals surface area contributed by atoms with E-state index in [0.29, 0.717) is 49.2 Å². The number of hydrogen-bond donors (Lipinski definition) is 2. The van der Waals surface area contributed by atoms with Crippen molar-refractivity contribution in [2.75, 3.05) is 63.3 Å². The van der Waals surface area contributed by atoms with Crippen molar-refractivity contribution in [2.24, 2.45) is 0 Å². The molecule has 2 N–H and O–H groups in total. The lowest BCUT2D eigenvalue weighted by Gasteiger charge is -2.37. The molecule has 2 fully saturated rings. The minimum atomic E-state index is -5.08. The van der Waals surface area contributed by atoms with Gasteiger partial charge in [-0.2, -0.15) is 18.2 Å². The van der Waals surface area contributed by atoms with Crippen LogP contribution in [0, 0.1) is 6.92 Å². The molecule has 47 heavy (non-hydrogen) atoms. The third kappa shape index (κ3) is 7.50. The molecule has 2 aliphatic heterocycles. The van der Waals surface area contributed by atoms with Gasteiger partial charge in [0.25, 0.3) is 5.91 Å². The van der Waals surface area contributed by atoms with E-state index in [4.69, 9.17) is 29.3 Å². The Morgan fingerprint density at radius 2 is 1.66 bits per heavy atom. The van der Waals surface area contributed by atoms with Crippen LogP contribution in [0.25, 0.3) is 10.9 Å². The number of amides is 1. The molecule has 12 nitrogen and oxygen atoms in total. The number of aromatic nitrogens is 4. The van der Waals surface area contributed by atoms with Crippen molar-refractivity contribution in [2.45, 2.75) is 31.9 Å². The number of para-hydroxylation sites is 1. The molecule has 4 heterocycles. The van der Waals surface area contributed by atoms with Crippen molar-refractivity contribution in [3.05, 3.63) is 65.7 Å². The normalized spacial score (nSPS) is 15.7. The smallest absolute Gasteiger partial charge is 0.490 e. The van der Waals surface area contributed by atoms with Crippen LogP contribution in [-0.4, -0.2) is 101 Å². The van der Waals surface area contributed by atoms with Gasteiger partial charge in [0.05, 0.1) is 25.3 Å². The number of carbonyl (C=O) groups is 2. The number of halogens is 3. The number of imidazole rings is 1. The van der Waals surface area contributed by atoms with Crippen LogP contribution >= 0.6 is 0 Å². The second-order valence-corrected chi connectivity index (χ2v) is 11.2. The lowest BCUT2D eigenvalue weighted by atomic mass is 9.96. The summed E-state index contributed by atoms with van der Waals surface area (Å²) in [5.41, 5.74) is 2.66. The number of alkyl halides is 3. The van der Waals surface area contributed by atoms with E-state index in [-0.39, 0.29) is 5.91 Å². The van der Waals surface area contributed by atoms with Gasteiger partial charge >= 0.3 is 12.1 Å². The Morgan fingerprint density at radius 3 is 2.26 bits per heavy atom. The zero-order valence-corrected chi connectivity index (χ0v) is 26.3. The third-order valence-electron chi connectivity index (χ3n) is 8.33. The maximum absolute atomic E-state index is 13.4. The predicted octanol–water partition coefficient (Wildman–Crippen LogP) is 4.66. The summed E-state index contributed by atoms with van der Waals surface area (Å²) < 4.78 is 42.5. The monoisotopic (exact) mass is 655 g/mol. The van der Waals surface area contributed by atoms with Crippen molar-refractivity contribution in [1.29, 1.82) is 0 Å². The molecule has 2 aliphatic rings. The fraction of sp³-hybridized carbons (Fsp3) is 0.406. The van der Waals surface area contributed by atoms with Crippen molar-refractivity contribution in [3.63, 3.8) is 0 Å². The van der Waals surface area contributed by atoms with Crippen molar-refractivity contribution >= 4 is 34.5 Å². The number of hydrogen-bond acceptors (Lipinski definition) is 9. The SMILES string of the molecule is COc1ccc(C(=O)N2CCN(c3nc(N4CCC(c5ncc[nH]5)CC4)nc4c(C)cccc34)CC2)c(OC)c1.O=C(O)C(F)(F)F. The Morgan fingerprint density at radius 1 is 0.957 bits per heavy atom. The Labute approximate surface area is 269 Å². The summed E-state index contributed by atoms with van der Waals surface area (Å²) in [4.78, 5) is 46.7. The number of benzene rings is 2. The number of ether oxygens (including phenoxy) is 2. The van der Waals surface area contributed by atoms with E-state index in [2.05, 4.69) is 44.9 Å². The van der Waals surface area contributed by atoms with Gasteiger partial charge in [0.15, 0.2) is 0 Å². The second kappa shape index (κ2) is 14.1. The summed E-state index contributed by atoms with van der Waals surface area (Å²) in [5.74, 6) is 1.59. The highest BCUT2D eigenvalue weighted by molar-refractivity contribution is 5.97. The molecule has 0 unspecified atom stereocenters. The maximum atomic E-state index is 13.4. The minimum Gasteiger partial charge on any atom is -0.497 e. The molecule has 0 bridgehead atoms. The number of aliphatic carboxylic acids is 1. The number of piperazine rings is 1. The molecule has 2 saturated heterocycles. The van der Waals surface area contributed by atoms with E-state index in [1.165, 1.54) is 0 Å². The molecular formula is C32H36F3N7O5. The second-order valence-electron chi connectivity index (χ2n) is 11.2. The van der Waals surface area contributed by atoms with Crippen molar-refractivity contribution in [1.82, 2.24) is 24.8 Å². The third-order valence-corrected chi connectivity index (χ3v) is 8.33. The Hall–Kier alpha value is -5.08. The summed E-state index contributed by atoms with van der Waals surface area (Å²) in [6.07, 6.45) is 0.648. The number of aryl methyl sites for hydroxylation is 1. The molecule has 15 heteroatoms. The quantitative estimate of drug-likeness (QED) is 0.302. The fourth-order valence-electron chi connectivity index (χ4n) is 5.77. The molecule has 0 saturated carbocycles. The van der Waals surface area contributed by atoms with E-state index in [1.807, 2.05) is 17.3 Å². The van der Waals surface area contributed by atoms with Crippen LogP contribution in [0.3, 0.4) is 0 Å². The van der Waals surface area contributed by atoms with Crippen LogP contribution in [0.4, 0.5) is 24.9 Å². The van der Waals surface area contributed by atoms with Crippen LogP contribution in [0.15, 0.2) is 48.8 Å². The molecule has 1 amide bonds. The number of carbonyl (C=O) groups excluding carboxylic acids is 1.